The van der Waals surface area contributed by atoms with E-state index in [-0.39, 0.29) is 12.5 Å². The van der Waals surface area contributed by atoms with Gasteiger partial charge in [-0.25, -0.2) is 0 Å². The third-order valence-electron chi connectivity index (χ3n) is 4.20. The van der Waals surface area contributed by atoms with Crippen LogP contribution in [0.5, 0.6) is 5.75 Å². The molecule has 0 bridgehead atoms. The number of fused-ring (bicyclic) bond motifs is 1. The van der Waals surface area contributed by atoms with E-state index in [0.29, 0.717) is 17.1 Å². The second kappa shape index (κ2) is 7.82. The highest BCUT2D eigenvalue weighted by molar-refractivity contribution is 5.99. The summed E-state index contributed by atoms with van der Waals surface area (Å²) in [6, 6.07) is 13.1. The Kier molecular flexibility index (Phi) is 5.30. The molecule has 0 saturated carbocycles. The van der Waals surface area contributed by atoms with Crippen LogP contribution in [0.1, 0.15) is 21.6 Å². The highest BCUT2D eigenvalue weighted by Crippen LogP contribution is 2.23. The van der Waals surface area contributed by atoms with Crippen LogP contribution in [0.2, 0.25) is 0 Å². The molecule has 2 aromatic carbocycles. The Morgan fingerprint density at radius 3 is 2.63 bits per heavy atom. The van der Waals surface area contributed by atoms with Crippen molar-refractivity contribution in [3.63, 3.8) is 0 Å². The number of aryl methyl sites for hydroxylation is 2. The summed E-state index contributed by atoms with van der Waals surface area (Å²) in [5.74, 6) is -0.149. The second-order valence-electron chi connectivity index (χ2n) is 6.28. The van der Waals surface area contributed by atoms with E-state index in [1.807, 2.05) is 32.0 Å². The number of carbonyl (C=O) groups is 2. The first kappa shape index (κ1) is 18.3. The molecule has 0 aliphatic rings. The molecule has 0 atom stereocenters. The summed E-state index contributed by atoms with van der Waals surface area (Å²) in [5.41, 5.74) is 8.99. The normalized spacial score (nSPS) is 10.5. The molecule has 0 fully saturated rings. The van der Waals surface area contributed by atoms with Crippen LogP contribution in [0.25, 0.3) is 10.9 Å². The molecule has 1 aromatic heterocycles. The smallest absolute Gasteiger partial charge is 0.286 e. The Balaban J connectivity index is 1.57. The average Bonchev–Trinajstić information content (AvgIpc) is 3.09. The molecule has 2 amide bonds. The Labute approximate surface area is 157 Å². The first-order chi connectivity index (χ1) is 13.0. The lowest BCUT2D eigenvalue weighted by Crippen LogP contribution is -2.44. The van der Waals surface area contributed by atoms with Gasteiger partial charge in [0.15, 0.2) is 0 Å². The number of anilines is 1. The number of ether oxygens (including phenoxy) is 1. The van der Waals surface area contributed by atoms with E-state index in [1.165, 1.54) is 0 Å². The zero-order chi connectivity index (χ0) is 19.4. The van der Waals surface area contributed by atoms with E-state index < -0.39 is 5.91 Å². The Bertz CT molecular complexity index is 994. The summed E-state index contributed by atoms with van der Waals surface area (Å²) in [7, 11) is 1.56. The Morgan fingerprint density at radius 2 is 1.85 bits per heavy atom. The van der Waals surface area contributed by atoms with Gasteiger partial charge < -0.3 is 15.0 Å². The van der Waals surface area contributed by atoms with Gasteiger partial charge in [-0.3, -0.25) is 20.4 Å². The van der Waals surface area contributed by atoms with E-state index >= 15 is 0 Å². The molecule has 0 radical (unpaired) electrons. The summed E-state index contributed by atoms with van der Waals surface area (Å²) < 4.78 is 5.21. The lowest BCUT2D eigenvalue weighted by molar-refractivity contribution is -0.120. The molecule has 3 aromatic rings. The number of carbonyl (C=O) groups excluding carboxylic acids is 2. The van der Waals surface area contributed by atoms with Crippen LogP contribution in [0.3, 0.4) is 0 Å². The highest BCUT2D eigenvalue weighted by atomic mass is 16.5. The summed E-state index contributed by atoms with van der Waals surface area (Å²) in [4.78, 5) is 27.4. The Hall–Kier alpha value is -3.48. The van der Waals surface area contributed by atoms with Gasteiger partial charge in [0.1, 0.15) is 11.4 Å². The number of methoxy groups -OCH3 is 1. The maximum atomic E-state index is 12.3. The summed E-state index contributed by atoms with van der Waals surface area (Å²) in [5, 5.41) is 3.95. The molecule has 1 heterocycles. The minimum atomic E-state index is -0.408. The molecule has 7 nitrogen and oxygen atoms in total. The summed E-state index contributed by atoms with van der Waals surface area (Å²) >= 11 is 0. The monoisotopic (exact) mass is 366 g/mol. The van der Waals surface area contributed by atoms with Gasteiger partial charge in [-0.2, -0.15) is 0 Å². The van der Waals surface area contributed by atoms with Gasteiger partial charge in [-0.05, 0) is 49.2 Å². The van der Waals surface area contributed by atoms with Crippen molar-refractivity contribution in [1.29, 1.82) is 0 Å². The van der Waals surface area contributed by atoms with Gasteiger partial charge in [0.05, 0.1) is 19.3 Å². The van der Waals surface area contributed by atoms with E-state index in [1.54, 1.807) is 25.3 Å². The van der Waals surface area contributed by atoms with Crippen molar-refractivity contribution >= 4 is 28.4 Å². The molecule has 4 N–H and O–H groups in total. The number of hydrogen-bond acceptors (Lipinski definition) is 4. The van der Waals surface area contributed by atoms with Gasteiger partial charge in [0.2, 0.25) is 0 Å². The number of H-pyrrole nitrogens is 1. The van der Waals surface area contributed by atoms with E-state index in [0.717, 1.165) is 22.0 Å². The van der Waals surface area contributed by atoms with E-state index in [2.05, 4.69) is 27.2 Å². The lowest BCUT2D eigenvalue weighted by Gasteiger charge is -2.11. The molecule has 0 unspecified atom stereocenters. The zero-order valence-electron chi connectivity index (χ0n) is 15.5. The fourth-order valence-electron chi connectivity index (χ4n) is 2.93. The number of aromatic amines is 1. The van der Waals surface area contributed by atoms with Gasteiger partial charge >= 0.3 is 0 Å². The van der Waals surface area contributed by atoms with Crippen LogP contribution in [0.4, 0.5) is 5.69 Å². The van der Waals surface area contributed by atoms with Crippen molar-refractivity contribution < 1.29 is 14.3 Å². The van der Waals surface area contributed by atoms with Crippen molar-refractivity contribution in [1.82, 2.24) is 15.8 Å². The van der Waals surface area contributed by atoms with Crippen LogP contribution < -0.4 is 20.9 Å². The highest BCUT2D eigenvalue weighted by Gasteiger charge is 2.12. The number of rotatable bonds is 5. The second-order valence-corrected chi connectivity index (χ2v) is 6.28. The lowest BCUT2D eigenvalue weighted by atomic mass is 10.1. The summed E-state index contributed by atoms with van der Waals surface area (Å²) in [6.07, 6.45) is 0. The van der Waals surface area contributed by atoms with E-state index in [4.69, 9.17) is 4.74 Å². The maximum absolute atomic E-state index is 12.3. The fraction of sp³-hybridized carbons (Fsp3) is 0.200. The molecule has 7 heteroatoms. The third kappa shape index (κ3) is 4.20. The number of hydrogen-bond donors (Lipinski definition) is 4. The van der Waals surface area contributed by atoms with Gasteiger partial charge in [0.25, 0.3) is 11.8 Å². The minimum Gasteiger partial charge on any atom is -0.495 e. The predicted octanol–water partition coefficient (Wildman–Crippen LogP) is 2.67. The molecule has 3 rings (SSSR count). The first-order valence-corrected chi connectivity index (χ1v) is 8.54. The third-order valence-corrected chi connectivity index (χ3v) is 4.20. The molecule has 0 saturated heterocycles. The number of benzene rings is 2. The number of para-hydroxylation sites is 2. The SMILES string of the molecule is COc1ccccc1NCC(=O)NNC(=O)c1cc2c(C)cc(C)cc2[nH]1. The van der Waals surface area contributed by atoms with Gasteiger partial charge in [-0.15, -0.1) is 0 Å². The number of aromatic nitrogens is 1. The molecule has 27 heavy (non-hydrogen) atoms. The largest absolute Gasteiger partial charge is 0.495 e. The van der Waals surface area contributed by atoms with Gasteiger partial charge in [-0.1, -0.05) is 18.2 Å². The fourth-order valence-corrected chi connectivity index (χ4v) is 2.93. The quantitative estimate of drug-likeness (QED) is 0.522. The molecule has 0 aliphatic heterocycles. The van der Waals surface area contributed by atoms with Crippen molar-refractivity contribution in [2.45, 2.75) is 13.8 Å². The average molecular weight is 366 g/mol. The predicted molar refractivity (Wildman–Crippen MR) is 105 cm³/mol. The van der Waals surface area contributed by atoms with Crippen molar-refractivity contribution in [3.05, 3.63) is 59.3 Å². The van der Waals surface area contributed by atoms with Crippen molar-refractivity contribution in [2.75, 3.05) is 19.0 Å². The van der Waals surface area contributed by atoms with Crippen molar-refractivity contribution in [2.24, 2.45) is 0 Å². The van der Waals surface area contributed by atoms with Crippen LogP contribution >= 0.6 is 0 Å². The first-order valence-electron chi connectivity index (χ1n) is 8.54. The van der Waals surface area contributed by atoms with E-state index in [9.17, 15) is 9.59 Å². The van der Waals surface area contributed by atoms with Crippen LogP contribution in [-0.2, 0) is 4.79 Å². The van der Waals surface area contributed by atoms with Crippen LogP contribution in [0.15, 0.2) is 42.5 Å². The number of hydrazine groups is 1. The standard InChI is InChI=1S/C20H22N4O3/c1-12-8-13(2)14-10-17(22-16(14)9-12)20(26)24-23-19(25)11-21-15-6-4-5-7-18(15)27-3/h4-10,21-22H,11H2,1-3H3,(H,23,25)(H,24,26). The zero-order valence-corrected chi connectivity index (χ0v) is 15.5. The number of nitrogens with one attached hydrogen (secondary N) is 4. The minimum absolute atomic E-state index is 0.00828. The topological polar surface area (TPSA) is 95.2 Å². The maximum Gasteiger partial charge on any atom is 0.286 e. The molecule has 0 spiro atoms. The number of amides is 2. The molecular formula is C20H22N4O3. The van der Waals surface area contributed by atoms with Crippen LogP contribution in [0, 0.1) is 13.8 Å². The molecule has 0 aliphatic carbocycles. The molecular weight excluding hydrogens is 344 g/mol. The van der Waals surface area contributed by atoms with Gasteiger partial charge in [0, 0.05) is 10.9 Å². The van der Waals surface area contributed by atoms with Crippen molar-refractivity contribution in [3.8, 4) is 5.75 Å². The van der Waals surface area contributed by atoms with Crippen LogP contribution in [-0.4, -0.2) is 30.5 Å². The Morgan fingerprint density at radius 1 is 1.07 bits per heavy atom. The summed E-state index contributed by atoms with van der Waals surface area (Å²) in [6.45, 7) is 3.99. The molecule has 140 valence electrons.